The van der Waals surface area contributed by atoms with E-state index in [9.17, 15) is 0 Å². The Morgan fingerprint density at radius 3 is 3.08 bits per heavy atom. The summed E-state index contributed by atoms with van der Waals surface area (Å²) in [7, 11) is 1.59. The summed E-state index contributed by atoms with van der Waals surface area (Å²) in [6.45, 7) is 0. The summed E-state index contributed by atoms with van der Waals surface area (Å²) >= 11 is 5.60. The minimum atomic E-state index is 0.276. The van der Waals surface area contributed by atoms with Gasteiger partial charge in [0.1, 0.15) is 5.52 Å². The molecule has 4 heteroatoms. The number of fused-ring (bicyclic) bond motifs is 1. The fraction of sp³-hybridized carbons (Fsp3) is 0.222. The summed E-state index contributed by atoms with van der Waals surface area (Å²) in [5.41, 5.74) is 1.43. The third-order valence-corrected chi connectivity index (χ3v) is 1.99. The molecule has 3 nitrogen and oxygen atoms in total. The van der Waals surface area contributed by atoms with Crippen molar-refractivity contribution in [1.29, 1.82) is 0 Å². The fourth-order valence-corrected chi connectivity index (χ4v) is 1.30. The Balaban J connectivity index is 2.67. The van der Waals surface area contributed by atoms with Crippen LogP contribution in [0.4, 0.5) is 0 Å². The number of para-hydroxylation sites is 1. The van der Waals surface area contributed by atoms with Crippen LogP contribution in [0.5, 0.6) is 5.75 Å². The van der Waals surface area contributed by atoms with E-state index >= 15 is 0 Å². The number of aromatic nitrogens is 1. The lowest BCUT2D eigenvalue weighted by molar-refractivity contribution is 0.408. The van der Waals surface area contributed by atoms with Gasteiger partial charge in [0.05, 0.1) is 13.0 Å². The van der Waals surface area contributed by atoms with E-state index in [1.807, 2.05) is 18.2 Å². The van der Waals surface area contributed by atoms with Crippen molar-refractivity contribution in [3.63, 3.8) is 0 Å². The molecule has 1 heterocycles. The zero-order valence-corrected chi connectivity index (χ0v) is 7.84. The highest BCUT2D eigenvalue weighted by Crippen LogP contribution is 2.26. The largest absolute Gasteiger partial charge is 0.493 e. The van der Waals surface area contributed by atoms with E-state index < -0.39 is 0 Å². The average Bonchev–Trinajstić information content (AvgIpc) is 2.59. The zero-order valence-electron chi connectivity index (χ0n) is 7.08. The third-order valence-electron chi connectivity index (χ3n) is 1.76. The molecule has 2 rings (SSSR count). The molecule has 0 N–H and O–H groups in total. The van der Waals surface area contributed by atoms with Gasteiger partial charge in [-0.2, -0.15) is 0 Å². The van der Waals surface area contributed by atoms with Gasteiger partial charge in [-0.05, 0) is 12.1 Å². The first-order valence-electron chi connectivity index (χ1n) is 3.83. The van der Waals surface area contributed by atoms with Crippen LogP contribution in [-0.2, 0) is 5.88 Å². The number of nitrogens with zero attached hydrogens (tertiary/aromatic N) is 1. The Kier molecular flexibility index (Phi) is 2.10. The van der Waals surface area contributed by atoms with E-state index in [1.54, 1.807) is 7.11 Å². The van der Waals surface area contributed by atoms with Crippen LogP contribution < -0.4 is 4.74 Å². The van der Waals surface area contributed by atoms with Gasteiger partial charge < -0.3 is 9.15 Å². The Hall–Kier alpha value is -1.22. The van der Waals surface area contributed by atoms with Gasteiger partial charge in [-0.25, -0.2) is 4.98 Å². The number of methoxy groups -OCH3 is 1. The maximum absolute atomic E-state index is 5.60. The molecule has 0 bridgehead atoms. The fourth-order valence-electron chi connectivity index (χ4n) is 1.19. The molecule has 68 valence electrons. The van der Waals surface area contributed by atoms with Gasteiger partial charge in [0, 0.05) is 0 Å². The molecule has 1 aromatic heterocycles. The Morgan fingerprint density at radius 2 is 2.38 bits per heavy atom. The molecule has 0 spiro atoms. The summed E-state index contributed by atoms with van der Waals surface area (Å²) in [6.07, 6.45) is 0. The predicted octanol–water partition coefficient (Wildman–Crippen LogP) is 2.58. The topological polar surface area (TPSA) is 35.3 Å². The predicted molar refractivity (Wildman–Crippen MR) is 50.1 cm³/mol. The first-order chi connectivity index (χ1) is 6.35. The first kappa shape index (κ1) is 8.38. The molecule has 0 fully saturated rings. The Labute approximate surface area is 80.3 Å². The van der Waals surface area contributed by atoms with Crippen molar-refractivity contribution in [2.45, 2.75) is 5.88 Å². The van der Waals surface area contributed by atoms with Gasteiger partial charge in [-0.3, -0.25) is 0 Å². The summed E-state index contributed by atoms with van der Waals surface area (Å²) in [6, 6.07) is 5.55. The van der Waals surface area contributed by atoms with E-state index in [1.165, 1.54) is 0 Å². The summed E-state index contributed by atoms with van der Waals surface area (Å²) in [5.74, 6) is 1.47. The molecule has 0 aliphatic heterocycles. The lowest BCUT2D eigenvalue weighted by Crippen LogP contribution is -1.81. The Morgan fingerprint density at radius 1 is 1.54 bits per heavy atom. The molecule has 13 heavy (non-hydrogen) atoms. The molecule has 2 aromatic rings. The van der Waals surface area contributed by atoms with Gasteiger partial charge in [0.2, 0.25) is 5.89 Å². The van der Waals surface area contributed by atoms with Crippen LogP contribution in [-0.4, -0.2) is 12.1 Å². The third kappa shape index (κ3) is 1.35. The van der Waals surface area contributed by atoms with E-state index in [2.05, 4.69) is 4.98 Å². The van der Waals surface area contributed by atoms with Crippen LogP contribution in [0.2, 0.25) is 0 Å². The van der Waals surface area contributed by atoms with E-state index in [0.29, 0.717) is 17.2 Å². The lowest BCUT2D eigenvalue weighted by Gasteiger charge is -1.96. The van der Waals surface area contributed by atoms with Crippen LogP contribution in [0, 0.1) is 0 Å². The van der Waals surface area contributed by atoms with Crippen molar-refractivity contribution in [3.8, 4) is 5.75 Å². The minimum absolute atomic E-state index is 0.276. The Bertz CT molecular complexity index is 424. The highest BCUT2D eigenvalue weighted by Gasteiger charge is 2.08. The normalized spacial score (nSPS) is 10.6. The van der Waals surface area contributed by atoms with Crippen molar-refractivity contribution in [3.05, 3.63) is 24.1 Å². The minimum Gasteiger partial charge on any atom is -0.493 e. The second kappa shape index (κ2) is 3.26. The number of hydrogen-bond acceptors (Lipinski definition) is 3. The van der Waals surface area contributed by atoms with Gasteiger partial charge in [-0.1, -0.05) is 6.07 Å². The van der Waals surface area contributed by atoms with Crippen LogP contribution >= 0.6 is 11.6 Å². The first-order valence-corrected chi connectivity index (χ1v) is 4.37. The molecule has 0 saturated heterocycles. The smallest absolute Gasteiger partial charge is 0.210 e. The number of benzene rings is 1. The molecular formula is C9H8ClNO2. The van der Waals surface area contributed by atoms with Crippen LogP contribution in [0.1, 0.15) is 5.89 Å². The highest BCUT2D eigenvalue weighted by atomic mass is 35.5. The van der Waals surface area contributed by atoms with E-state index in [4.69, 9.17) is 20.8 Å². The van der Waals surface area contributed by atoms with E-state index in [0.717, 1.165) is 5.52 Å². The number of hydrogen-bond donors (Lipinski definition) is 0. The lowest BCUT2D eigenvalue weighted by atomic mass is 10.3. The van der Waals surface area contributed by atoms with E-state index in [-0.39, 0.29) is 5.88 Å². The SMILES string of the molecule is COc1cccc2nc(CCl)oc12. The second-order valence-corrected chi connectivity index (χ2v) is 2.82. The van der Waals surface area contributed by atoms with Crippen molar-refractivity contribution in [2.24, 2.45) is 0 Å². The van der Waals surface area contributed by atoms with Gasteiger partial charge in [0.25, 0.3) is 0 Å². The number of alkyl halides is 1. The van der Waals surface area contributed by atoms with Crippen molar-refractivity contribution in [1.82, 2.24) is 4.98 Å². The number of halogens is 1. The molecule has 0 saturated carbocycles. The van der Waals surface area contributed by atoms with Crippen LogP contribution in [0.3, 0.4) is 0 Å². The van der Waals surface area contributed by atoms with Gasteiger partial charge >= 0.3 is 0 Å². The molecule has 0 radical (unpaired) electrons. The second-order valence-electron chi connectivity index (χ2n) is 2.55. The number of rotatable bonds is 2. The standard InChI is InChI=1S/C9H8ClNO2/c1-12-7-4-2-3-6-9(7)13-8(5-10)11-6/h2-4H,5H2,1H3. The van der Waals surface area contributed by atoms with Crippen molar-refractivity contribution < 1.29 is 9.15 Å². The quantitative estimate of drug-likeness (QED) is 0.695. The summed E-state index contributed by atoms with van der Waals surface area (Å²) in [4.78, 5) is 4.16. The van der Waals surface area contributed by atoms with Crippen molar-refractivity contribution in [2.75, 3.05) is 7.11 Å². The molecular weight excluding hydrogens is 190 g/mol. The van der Waals surface area contributed by atoms with Gasteiger partial charge in [0.15, 0.2) is 11.3 Å². The highest BCUT2D eigenvalue weighted by molar-refractivity contribution is 6.16. The maximum atomic E-state index is 5.60. The molecule has 0 unspecified atom stereocenters. The molecule has 1 aromatic carbocycles. The molecule has 0 atom stereocenters. The molecule has 0 aliphatic rings. The summed E-state index contributed by atoms with van der Waals surface area (Å²) < 4.78 is 10.5. The molecule has 0 amide bonds. The van der Waals surface area contributed by atoms with Crippen LogP contribution in [0.25, 0.3) is 11.1 Å². The number of ether oxygens (including phenoxy) is 1. The monoisotopic (exact) mass is 197 g/mol. The van der Waals surface area contributed by atoms with Crippen molar-refractivity contribution >= 4 is 22.7 Å². The van der Waals surface area contributed by atoms with Gasteiger partial charge in [-0.15, -0.1) is 11.6 Å². The summed E-state index contributed by atoms with van der Waals surface area (Å²) in [5, 5.41) is 0. The number of oxazole rings is 1. The van der Waals surface area contributed by atoms with Crippen LogP contribution in [0.15, 0.2) is 22.6 Å². The average molecular weight is 198 g/mol. The zero-order chi connectivity index (χ0) is 9.26. The molecule has 0 aliphatic carbocycles. The maximum Gasteiger partial charge on any atom is 0.210 e.